The lowest BCUT2D eigenvalue weighted by atomic mass is 10.1. The predicted molar refractivity (Wildman–Crippen MR) is 116 cm³/mol. The molecule has 0 N–H and O–H groups in total. The summed E-state index contributed by atoms with van der Waals surface area (Å²) in [5.41, 5.74) is 3.62. The molecular weight excluding hydrogens is 384 g/mol. The number of anilines is 1. The van der Waals surface area contributed by atoms with E-state index in [4.69, 9.17) is 9.47 Å². The van der Waals surface area contributed by atoms with Gasteiger partial charge in [0.05, 0.1) is 26.9 Å². The molecule has 1 aromatic heterocycles. The Kier molecular flexibility index (Phi) is 6.36. The van der Waals surface area contributed by atoms with E-state index in [1.807, 2.05) is 12.1 Å². The average molecular weight is 411 g/mol. The van der Waals surface area contributed by atoms with Crippen molar-refractivity contribution in [3.8, 4) is 5.75 Å². The summed E-state index contributed by atoms with van der Waals surface area (Å²) in [7, 11) is 1.72. The van der Waals surface area contributed by atoms with Crippen LogP contribution in [0.1, 0.15) is 16.7 Å². The van der Waals surface area contributed by atoms with Crippen molar-refractivity contribution in [2.24, 2.45) is 0 Å². The van der Waals surface area contributed by atoms with Gasteiger partial charge < -0.3 is 14.4 Å². The Morgan fingerprint density at radius 1 is 1.07 bits per heavy atom. The molecular formula is C22H26N4O2S. The minimum Gasteiger partial charge on any atom is -0.496 e. The van der Waals surface area contributed by atoms with E-state index >= 15 is 0 Å². The van der Waals surface area contributed by atoms with E-state index in [0.29, 0.717) is 0 Å². The molecule has 0 radical (unpaired) electrons. The molecule has 2 aromatic carbocycles. The molecule has 0 atom stereocenters. The number of morpholine rings is 1. The Hall–Kier alpha value is -2.51. The van der Waals surface area contributed by atoms with Crippen molar-refractivity contribution in [1.29, 1.82) is 0 Å². The van der Waals surface area contributed by atoms with Crippen molar-refractivity contribution < 1.29 is 9.47 Å². The summed E-state index contributed by atoms with van der Waals surface area (Å²) in [4.78, 5) is 2.26. The molecule has 29 heavy (non-hydrogen) atoms. The first kappa shape index (κ1) is 19.8. The standard InChI is InChI=1S/C22H26N4O2S/c1-17-8-9-20(27-2)19(14-17)16-29-22-24-23-21(25-10-12-28-13-11-25)26(22)15-18-6-4-3-5-7-18/h3-9,14H,10-13,15-16H2,1-2H3. The van der Waals surface area contributed by atoms with Crippen LogP contribution in [0.3, 0.4) is 0 Å². The van der Waals surface area contributed by atoms with Gasteiger partial charge in [0.2, 0.25) is 5.95 Å². The molecule has 0 aliphatic carbocycles. The first-order chi connectivity index (χ1) is 14.2. The zero-order chi connectivity index (χ0) is 20.1. The molecule has 0 spiro atoms. The number of benzene rings is 2. The molecule has 2 heterocycles. The predicted octanol–water partition coefficient (Wildman–Crippen LogP) is 3.77. The normalized spacial score (nSPS) is 14.2. The van der Waals surface area contributed by atoms with Crippen molar-refractivity contribution in [3.05, 3.63) is 65.2 Å². The molecule has 0 saturated carbocycles. The van der Waals surface area contributed by atoms with Crippen molar-refractivity contribution in [3.63, 3.8) is 0 Å². The van der Waals surface area contributed by atoms with Crippen LogP contribution in [0.15, 0.2) is 53.7 Å². The van der Waals surface area contributed by atoms with Crippen LogP contribution in [0.5, 0.6) is 5.75 Å². The van der Waals surface area contributed by atoms with Crippen LogP contribution in [0.2, 0.25) is 0 Å². The summed E-state index contributed by atoms with van der Waals surface area (Å²) in [6.45, 7) is 5.96. The van der Waals surface area contributed by atoms with E-state index in [-0.39, 0.29) is 0 Å². The molecule has 0 unspecified atom stereocenters. The number of rotatable bonds is 7. The molecule has 4 rings (SSSR count). The molecule has 7 heteroatoms. The fourth-order valence-corrected chi connectivity index (χ4v) is 4.36. The third kappa shape index (κ3) is 4.74. The van der Waals surface area contributed by atoms with Gasteiger partial charge in [-0.25, -0.2) is 0 Å². The zero-order valence-electron chi connectivity index (χ0n) is 16.9. The summed E-state index contributed by atoms with van der Waals surface area (Å²) < 4.78 is 13.3. The summed E-state index contributed by atoms with van der Waals surface area (Å²) in [5, 5.41) is 9.99. The van der Waals surface area contributed by atoms with Crippen molar-refractivity contribution in [2.75, 3.05) is 38.3 Å². The fourth-order valence-electron chi connectivity index (χ4n) is 3.45. The fraction of sp³-hybridized carbons (Fsp3) is 0.364. The number of methoxy groups -OCH3 is 1. The maximum atomic E-state index is 5.54. The van der Waals surface area contributed by atoms with Gasteiger partial charge in [-0.05, 0) is 18.6 Å². The van der Waals surface area contributed by atoms with E-state index in [1.54, 1.807) is 18.9 Å². The minimum atomic E-state index is 0.723. The summed E-state index contributed by atoms with van der Waals surface area (Å²) in [6, 6.07) is 16.7. The van der Waals surface area contributed by atoms with Crippen LogP contribution in [-0.4, -0.2) is 48.2 Å². The Bertz CT molecular complexity index is 939. The SMILES string of the molecule is COc1ccc(C)cc1CSc1nnc(N2CCOCC2)n1Cc1ccccc1. The Balaban J connectivity index is 1.60. The highest BCUT2D eigenvalue weighted by atomic mass is 32.2. The van der Waals surface area contributed by atoms with Gasteiger partial charge in [-0.15, -0.1) is 10.2 Å². The Labute approximate surface area is 175 Å². The van der Waals surface area contributed by atoms with E-state index in [2.05, 4.69) is 63.0 Å². The van der Waals surface area contributed by atoms with Crippen molar-refractivity contribution in [2.45, 2.75) is 24.4 Å². The van der Waals surface area contributed by atoms with Gasteiger partial charge in [0, 0.05) is 24.4 Å². The molecule has 1 aliphatic rings. The van der Waals surface area contributed by atoms with Crippen LogP contribution < -0.4 is 9.64 Å². The van der Waals surface area contributed by atoms with Crippen LogP contribution >= 0.6 is 11.8 Å². The second kappa shape index (κ2) is 9.33. The third-order valence-corrected chi connectivity index (χ3v) is 5.98. The third-order valence-electron chi connectivity index (χ3n) is 4.97. The van der Waals surface area contributed by atoms with Gasteiger partial charge >= 0.3 is 0 Å². The quantitative estimate of drug-likeness (QED) is 0.553. The molecule has 3 aromatic rings. The molecule has 1 saturated heterocycles. The second-order valence-corrected chi connectivity index (χ2v) is 8.00. The number of aryl methyl sites for hydroxylation is 1. The number of hydrogen-bond acceptors (Lipinski definition) is 6. The number of hydrogen-bond donors (Lipinski definition) is 0. The maximum absolute atomic E-state index is 5.54. The number of ether oxygens (including phenoxy) is 2. The molecule has 1 aliphatic heterocycles. The lowest BCUT2D eigenvalue weighted by Crippen LogP contribution is -2.38. The minimum absolute atomic E-state index is 0.723. The number of aromatic nitrogens is 3. The van der Waals surface area contributed by atoms with E-state index < -0.39 is 0 Å². The van der Waals surface area contributed by atoms with Gasteiger partial charge in [0.25, 0.3) is 0 Å². The van der Waals surface area contributed by atoms with Crippen molar-refractivity contribution >= 4 is 17.7 Å². The van der Waals surface area contributed by atoms with Crippen LogP contribution in [0.4, 0.5) is 5.95 Å². The number of thioether (sulfide) groups is 1. The van der Waals surface area contributed by atoms with Gasteiger partial charge in [-0.2, -0.15) is 0 Å². The largest absolute Gasteiger partial charge is 0.496 e. The smallest absolute Gasteiger partial charge is 0.228 e. The maximum Gasteiger partial charge on any atom is 0.228 e. The molecule has 6 nitrogen and oxygen atoms in total. The Morgan fingerprint density at radius 2 is 1.86 bits per heavy atom. The van der Waals surface area contributed by atoms with Gasteiger partial charge in [0.15, 0.2) is 5.16 Å². The highest BCUT2D eigenvalue weighted by Gasteiger charge is 2.21. The summed E-state index contributed by atoms with van der Waals surface area (Å²) in [6.07, 6.45) is 0. The van der Waals surface area contributed by atoms with Gasteiger partial charge in [-0.1, -0.05) is 59.8 Å². The highest BCUT2D eigenvalue weighted by Crippen LogP contribution is 2.30. The summed E-state index contributed by atoms with van der Waals surface area (Å²) in [5.74, 6) is 2.60. The van der Waals surface area contributed by atoms with Gasteiger partial charge in [0.1, 0.15) is 5.75 Å². The lowest BCUT2D eigenvalue weighted by molar-refractivity contribution is 0.121. The Morgan fingerprint density at radius 3 is 2.62 bits per heavy atom. The topological polar surface area (TPSA) is 52.4 Å². The van der Waals surface area contributed by atoms with Crippen molar-refractivity contribution in [1.82, 2.24) is 14.8 Å². The molecule has 152 valence electrons. The van der Waals surface area contributed by atoms with E-state index in [1.165, 1.54) is 16.7 Å². The monoisotopic (exact) mass is 410 g/mol. The van der Waals surface area contributed by atoms with Crippen LogP contribution in [-0.2, 0) is 17.0 Å². The van der Waals surface area contributed by atoms with E-state index in [0.717, 1.165) is 55.5 Å². The highest BCUT2D eigenvalue weighted by molar-refractivity contribution is 7.98. The van der Waals surface area contributed by atoms with Crippen LogP contribution in [0.25, 0.3) is 0 Å². The molecule has 0 bridgehead atoms. The van der Waals surface area contributed by atoms with Gasteiger partial charge in [-0.3, -0.25) is 4.57 Å². The van der Waals surface area contributed by atoms with E-state index in [9.17, 15) is 0 Å². The zero-order valence-corrected chi connectivity index (χ0v) is 17.7. The lowest BCUT2D eigenvalue weighted by Gasteiger charge is -2.28. The number of nitrogens with zero attached hydrogens (tertiary/aromatic N) is 4. The summed E-state index contributed by atoms with van der Waals surface area (Å²) >= 11 is 1.69. The second-order valence-electron chi connectivity index (χ2n) is 7.06. The average Bonchev–Trinajstić information content (AvgIpc) is 3.16. The first-order valence-corrected chi connectivity index (χ1v) is 10.8. The molecule has 1 fully saturated rings. The molecule has 0 amide bonds. The van der Waals surface area contributed by atoms with Crippen LogP contribution in [0, 0.1) is 6.92 Å². The first-order valence-electron chi connectivity index (χ1n) is 9.81.